The van der Waals surface area contributed by atoms with Crippen molar-refractivity contribution in [2.24, 2.45) is 0 Å². The van der Waals surface area contributed by atoms with E-state index < -0.39 is 16.1 Å². The van der Waals surface area contributed by atoms with Gasteiger partial charge in [0.25, 0.3) is 0 Å². The van der Waals surface area contributed by atoms with E-state index in [0.717, 1.165) is 40.9 Å². The molecule has 0 saturated carbocycles. The maximum absolute atomic E-state index is 12.3. The number of aliphatic hydroxyl groups excluding tert-OH is 1. The number of epoxide rings is 1. The van der Waals surface area contributed by atoms with Gasteiger partial charge in [0, 0.05) is 0 Å². The van der Waals surface area contributed by atoms with Gasteiger partial charge in [0.05, 0.1) is 12.3 Å². The molecule has 0 radical (unpaired) electrons. The summed E-state index contributed by atoms with van der Waals surface area (Å²) in [6.07, 6.45) is 4.56. The first-order chi connectivity index (χ1) is 14.0. The van der Waals surface area contributed by atoms with Crippen LogP contribution in [0.5, 0.6) is 5.75 Å². The van der Waals surface area contributed by atoms with Crippen molar-refractivity contribution in [1.82, 2.24) is 4.72 Å². The molecule has 0 aromatic heterocycles. The number of rotatable bonds is 8. The van der Waals surface area contributed by atoms with Gasteiger partial charge in [0.15, 0.2) is 0 Å². The second-order valence-electron chi connectivity index (χ2n) is 7.16. The van der Waals surface area contributed by atoms with E-state index >= 15 is 0 Å². The highest BCUT2D eigenvalue weighted by molar-refractivity contribution is 7.91. The number of benzene rings is 2. The fourth-order valence-corrected chi connectivity index (χ4v) is 4.45. The molecule has 29 heavy (non-hydrogen) atoms. The summed E-state index contributed by atoms with van der Waals surface area (Å²) in [5, 5.41) is 9.63. The highest BCUT2D eigenvalue weighted by atomic mass is 32.2. The Hall–Kier alpha value is -2.71. The molecule has 2 aliphatic rings. The number of unbranched alkanes of at least 4 members (excludes halogenated alkanes) is 1. The Morgan fingerprint density at radius 1 is 1.21 bits per heavy atom. The summed E-state index contributed by atoms with van der Waals surface area (Å²) in [5.74, 6) is -0.0272. The lowest BCUT2D eigenvalue weighted by atomic mass is 10.1. The van der Waals surface area contributed by atoms with Crippen molar-refractivity contribution in [2.75, 3.05) is 4.31 Å². The molecule has 4 rings (SSSR count). The van der Waals surface area contributed by atoms with Crippen LogP contribution in [0.4, 0.5) is 5.69 Å². The van der Waals surface area contributed by atoms with Gasteiger partial charge in [-0.15, -0.1) is 0 Å². The Labute approximate surface area is 170 Å². The zero-order valence-electron chi connectivity index (χ0n) is 16.1. The summed E-state index contributed by atoms with van der Waals surface area (Å²) in [6.45, 7) is 2.44. The van der Waals surface area contributed by atoms with Crippen molar-refractivity contribution in [1.29, 1.82) is 0 Å². The fourth-order valence-electron chi connectivity index (χ4n) is 3.39. The zero-order chi connectivity index (χ0) is 20.4. The lowest BCUT2D eigenvalue weighted by Crippen LogP contribution is -2.29. The maximum Gasteiger partial charge on any atom is 0.330 e. The zero-order valence-corrected chi connectivity index (χ0v) is 16.9. The molecule has 2 N–H and O–H groups in total. The standard InChI is InChI=1S/C21H24N2O5S/c1-2-3-9-18-21(28-18)16-10-11-17(23-13-20(24)22-29(23,25)26)19(12-16)27-14-15-7-5-4-6-8-15/h4-8,10-13,18,21-22,24H,2-3,9,14H2,1H3. The molecule has 1 saturated heterocycles. The average molecular weight is 416 g/mol. The normalized spacial score (nSPS) is 22.1. The van der Waals surface area contributed by atoms with Crippen molar-refractivity contribution in [2.45, 2.75) is 45.0 Å². The number of nitrogens with zero attached hydrogens (tertiary/aromatic N) is 1. The predicted molar refractivity (Wildman–Crippen MR) is 110 cm³/mol. The van der Waals surface area contributed by atoms with Crippen LogP contribution in [-0.2, 0) is 21.6 Å². The Morgan fingerprint density at radius 3 is 2.69 bits per heavy atom. The lowest BCUT2D eigenvalue weighted by molar-refractivity contribution is 0.306. The van der Waals surface area contributed by atoms with Crippen LogP contribution in [0, 0.1) is 0 Å². The second kappa shape index (κ2) is 7.96. The smallest absolute Gasteiger partial charge is 0.330 e. The lowest BCUT2D eigenvalue weighted by Gasteiger charge is -2.19. The molecule has 0 bridgehead atoms. The van der Waals surface area contributed by atoms with E-state index in [1.807, 2.05) is 42.5 Å². The molecule has 2 aliphatic heterocycles. The topological polar surface area (TPSA) is 91.4 Å². The van der Waals surface area contributed by atoms with E-state index in [-0.39, 0.29) is 12.2 Å². The molecule has 2 aromatic rings. The number of nitrogens with one attached hydrogen (secondary N) is 1. The molecule has 2 heterocycles. The molecule has 2 atom stereocenters. The molecular weight excluding hydrogens is 392 g/mol. The number of anilines is 1. The van der Waals surface area contributed by atoms with E-state index in [1.54, 1.807) is 6.07 Å². The molecular formula is C21H24N2O5S. The van der Waals surface area contributed by atoms with Crippen molar-refractivity contribution in [3.63, 3.8) is 0 Å². The summed E-state index contributed by atoms with van der Waals surface area (Å²) in [7, 11) is -3.91. The Balaban J connectivity index is 1.62. The van der Waals surface area contributed by atoms with Gasteiger partial charge in [-0.25, -0.2) is 9.03 Å². The van der Waals surface area contributed by atoms with Gasteiger partial charge in [-0.2, -0.15) is 8.42 Å². The molecule has 0 aliphatic carbocycles. The van der Waals surface area contributed by atoms with Crippen molar-refractivity contribution < 1.29 is 23.0 Å². The Kier molecular flexibility index (Phi) is 5.38. The molecule has 2 unspecified atom stereocenters. The second-order valence-corrected chi connectivity index (χ2v) is 8.70. The number of hydrogen-bond acceptors (Lipinski definition) is 5. The molecule has 8 heteroatoms. The molecule has 2 aromatic carbocycles. The van der Waals surface area contributed by atoms with Crippen LogP contribution >= 0.6 is 0 Å². The monoisotopic (exact) mass is 416 g/mol. The molecule has 0 spiro atoms. The molecule has 154 valence electrons. The van der Waals surface area contributed by atoms with E-state index in [4.69, 9.17) is 9.47 Å². The third kappa shape index (κ3) is 4.33. The fraction of sp³-hybridized carbons (Fsp3) is 0.333. The molecule has 7 nitrogen and oxygen atoms in total. The van der Waals surface area contributed by atoms with Crippen LogP contribution < -0.4 is 13.8 Å². The Morgan fingerprint density at radius 2 is 2.00 bits per heavy atom. The largest absolute Gasteiger partial charge is 0.493 e. The number of aliphatic hydroxyl groups is 1. The van der Waals surface area contributed by atoms with Crippen molar-refractivity contribution in [3.05, 3.63) is 71.7 Å². The van der Waals surface area contributed by atoms with Gasteiger partial charge in [-0.05, 0) is 29.7 Å². The first-order valence-electron chi connectivity index (χ1n) is 9.67. The quantitative estimate of drug-likeness (QED) is 0.637. The maximum atomic E-state index is 12.3. The van der Waals surface area contributed by atoms with Crippen LogP contribution in [0.2, 0.25) is 0 Å². The average Bonchev–Trinajstić information content (AvgIpc) is 3.43. The van der Waals surface area contributed by atoms with Crippen LogP contribution in [0.15, 0.2) is 60.6 Å². The SMILES string of the molecule is CCCCC1OC1c1ccc(N2C=C(O)NS2(=O)=O)c(OCc2ccccc2)c1. The van der Waals surface area contributed by atoms with Crippen molar-refractivity contribution >= 4 is 15.9 Å². The predicted octanol–water partition coefficient (Wildman–Crippen LogP) is 3.91. The minimum atomic E-state index is -3.91. The summed E-state index contributed by atoms with van der Waals surface area (Å²) in [6, 6.07) is 15.0. The van der Waals surface area contributed by atoms with Crippen LogP contribution in [0.1, 0.15) is 43.4 Å². The summed E-state index contributed by atoms with van der Waals surface area (Å²) >= 11 is 0. The van der Waals surface area contributed by atoms with Crippen molar-refractivity contribution in [3.8, 4) is 5.75 Å². The van der Waals surface area contributed by atoms with E-state index in [2.05, 4.69) is 11.6 Å². The van der Waals surface area contributed by atoms with Crippen LogP contribution in [-0.4, -0.2) is 19.6 Å². The third-order valence-corrected chi connectivity index (χ3v) is 6.23. The number of ether oxygens (including phenoxy) is 2. The van der Waals surface area contributed by atoms with Crippen LogP contribution in [0.3, 0.4) is 0 Å². The first kappa shape index (κ1) is 19.6. The minimum absolute atomic E-state index is 0.00642. The van der Waals surface area contributed by atoms with E-state index in [1.165, 1.54) is 0 Å². The number of hydrogen-bond donors (Lipinski definition) is 2. The van der Waals surface area contributed by atoms with Gasteiger partial charge in [-0.1, -0.05) is 56.2 Å². The first-order valence-corrected chi connectivity index (χ1v) is 11.1. The van der Waals surface area contributed by atoms with Gasteiger partial charge in [0.2, 0.25) is 5.88 Å². The third-order valence-electron chi connectivity index (χ3n) is 4.94. The minimum Gasteiger partial charge on any atom is -0.493 e. The van der Waals surface area contributed by atoms with Gasteiger partial charge < -0.3 is 14.6 Å². The van der Waals surface area contributed by atoms with Gasteiger partial charge in [0.1, 0.15) is 24.1 Å². The van der Waals surface area contributed by atoms with Gasteiger partial charge in [-0.3, -0.25) is 0 Å². The Bertz CT molecular complexity index is 1010. The molecule has 1 fully saturated rings. The summed E-state index contributed by atoms with van der Waals surface area (Å²) in [5.41, 5.74) is 2.25. The summed E-state index contributed by atoms with van der Waals surface area (Å²) < 4.78 is 39.5. The van der Waals surface area contributed by atoms with Gasteiger partial charge >= 0.3 is 10.2 Å². The van der Waals surface area contributed by atoms with Crippen LogP contribution in [0.25, 0.3) is 0 Å². The van der Waals surface area contributed by atoms with E-state index in [9.17, 15) is 13.5 Å². The highest BCUT2D eigenvalue weighted by Crippen LogP contribution is 2.45. The summed E-state index contributed by atoms with van der Waals surface area (Å²) in [4.78, 5) is 0. The highest BCUT2D eigenvalue weighted by Gasteiger charge is 2.40. The van der Waals surface area contributed by atoms with E-state index in [0.29, 0.717) is 18.0 Å². The molecule has 0 amide bonds.